The summed E-state index contributed by atoms with van der Waals surface area (Å²) in [6, 6.07) is 7.96. The van der Waals surface area contributed by atoms with E-state index in [0.29, 0.717) is 13.0 Å². The topological polar surface area (TPSA) is 96.2 Å². The third-order valence-corrected chi connectivity index (χ3v) is 4.45. The number of aliphatic imine (C=N–C) groups is 1. The van der Waals surface area contributed by atoms with Gasteiger partial charge in [0.1, 0.15) is 12.7 Å². The highest BCUT2D eigenvalue weighted by atomic mass is 16.1. The zero-order chi connectivity index (χ0) is 18.2. The van der Waals surface area contributed by atoms with Crippen molar-refractivity contribution in [1.29, 1.82) is 0 Å². The zero-order valence-corrected chi connectivity index (χ0v) is 15.0. The molecule has 0 saturated carbocycles. The van der Waals surface area contributed by atoms with Crippen LogP contribution in [0.2, 0.25) is 0 Å². The number of benzene rings is 1. The quantitative estimate of drug-likeness (QED) is 0.396. The Morgan fingerprint density at radius 2 is 2.08 bits per heavy atom. The van der Waals surface area contributed by atoms with Gasteiger partial charge in [0.05, 0.1) is 0 Å². The maximum Gasteiger partial charge on any atom is 0.225 e. The molecular weight excluding hydrogens is 330 g/mol. The van der Waals surface area contributed by atoms with Crippen LogP contribution in [0.15, 0.2) is 41.9 Å². The van der Waals surface area contributed by atoms with Crippen molar-refractivity contribution < 1.29 is 4.79 Å². The number of para-hydroxylation sites is 1. The molecule has 0 aliphatic carbocycles. The van der Waals surface area contributed by atoms with Crippen molar-refractivity contribution in [3.8, 4) is 0 Å². The number of hydrogen-bond donors (Lipinski definition) is 3. The standard InChI is InChI=1S/C18H25N7O/c1-19-18(20-8-4-5-9-25-12-22-23-13-25)21-11-14-10-17(26)24-16-7-3-2-6-15(14)16/h2-3,6-7,12-14H,4-5,8-11H2,1H3,(H,24,26)(H2,19,20,21). The van der Waals surface area contributed by atoms with Crippen LogP contribution in [0, 0.1) is 0 Å². The van der Waals surface area contributed by atoms with E-state index in [1.807, 2.05) is 22.8 Å². The Balaban J connectivity index is 1.42. The van der Waals surface area contributed by atoms with E-state index in [4.69, 9.17) is 0 Å². The monoisotopic (exact) mass is 355 g/mol. The van der Waals surface area contributed by atoms with Gasteiger partial charge in [0.15, 0.2) is 5.96 Å². The molecule has 0 bridgehead atoms. The number of guanidine groups is 1. The summed E-state index contributed by atoms with van der Waals surface area (Å²) in [5.74, 6) is 0.970. The smallest absolute Gasteiger partial charge is 0.225 e. The Hall–Kier alpha value is -2.90. The van der Waals surface area contributed by atoms with Crippen LogP contribution in [-0.4, -0.2) is 46.8 Å². The molecule has 3 rings (SSSR count). The molecule has 0 fully saturated rings. The Kier molecular flexibility index (Phi) is 6.19. The number of nitrogens with zero attached hydrogens (tertiary/aromatic N) is 4. The summed E-state index contributed by atoms with van der Waals surface area (Å²) in [4.78, 5) is 16.2. The molecule has 0 radical (unpaired) electrons. The van der Waals surface area contributed by atoms with E-state index in [9.17, 15) is 4.79 Å². The minimum Gasteiger partial charge on any atom is -0.356 e. The van der Waals surface area contributed by atoms with E-state index in [2.05, 4.69) is 37.2 Å². The molecule has 2 aromatic rings. The Bertz CT molecular complexity index is 742. The van der Waals surface area contributed by atoms with Crippen molar-refractivity contribution in [3.63, 3.8) is 0 Å². The van der Waals surface area contributed by atoms with Crippen LogP contribution in [0.5, 0.6) is 0 Å². The number of rotatable bonds is 7. The molecule has 1 atom stereocenters. The molecule has 0 saturated heterocycles. The minimum absolute atomic E-state index is 0.0624. The van der Waals surface area contributed by atoms with Gasteiger partial charge in [-0.15, -0.1) is 10.2 Å². The van der Waals surface area contributed by atoms with Crippen molar-refractivity contribution in [1.82, 2.24) is 25.4 Å². The average Bonchev–Trinajstić information content (AvgIpc) is 3.17. The first-order chi connectivity index (χ1) is 12.8. The fraction of sp³-hybridized carbons (Fsp3) is 0.444. The summed E-state index contributed by atoms with van der Waals surface area (Å²) in [7, 11) is 1.76. The lowest BCUT2D eigenvalue weighted by atomic mass is 9.90. The Morgan fingerprint density at radius 3 is 2.88 bits per heavy atom. The highest BCUT2D eigenvalue weighted by molar-refractivity contribution is 5.94. The molecule has 1 amide bonds. The van der Waals surface area contributed by atoms with Crippen LogP contribution >= 0.6 is 0 Å². The zero-order valence-electron chi connectivity index (χ0n) is 15.0. The lowest BCUT2D eigenvalue weighted by Crippen LogP contribution is -2.41. The van der Waals surface area contributed by atoms with Crippen LogP contribution < -0.4 is 16.0 Å². The second-order valence-corrected chi connectivity index (χ2v) is 6.32. The molecule has 26 heavy (non-hydrogen) atoms. The van der Waals surface area contributed by atoms with Gasteiger partial charge in [-0.05, 0) is 24.5 Å². The number of carbonyl (C=O) groups excluding carboxylic acids is 1. The third-order valence-electron chi connectivity index (χ3n) is 4.45. The fourth-order valence-corrected chi connectivity index (χ4v) is 3.09. The van der Waals surface area contributed by atoms with Crippen LogP contribution in [0.25, 0.3) is 0 Å². The van der Waals surface area contributed by atoms with E-state index in [1.54, 1.807) is 19.7 Å². The molecule has 2 heterocycles. The number of nitrogens with one attached hydrogen (secondary N) is 3. The van der Waals surface area contributed by atoms with Crippen LogP contribution in [0.1, 0.15) is 30.7 Å². The van der Waals surface area contributed by atoms with Gasteiger partial charge in [0.2, 0.25) is 5.91 Å². The number of hydrogen-bond acceptors (Lipinski definition) is 4. The normalized spacial score (nSPS) is 16.7. The van der Waals surface area contributed by atoms with Gasteiger partial charge in [-0.3, -0.25) is 9.79 Å². The van der Waals surface area contributed by atoms with Crippen LogP contribution in [0.3, 0.4) is 0 Å². The van der Waals surface area contributed by atoms with Gasteiger partial charge in [-0.25, -0.2) is 0 Å². The first-order valence-electron chi connectivity index (χ1n) is 8.92. The fourth-order valence-electron chi connectivity index (χ4n) is 3.09. The second-order valence-electron chi connectivity index (χ2n) is 6.32. The van der Waals surface area contributed by atoms with Gasteiger partial charge in [0.25, 0.3) is 0 Å². The predicted molar refractivity (Wildman–Crippen MR) is 101 cm³/mol. The van der Waals surface area contributed by atoms with Crippen molar-refractivity contribution in [2.24, 2.45) is 4.99 Å². The number of fused-ring (bicyclic) bond motifs is 1. The number of unbranched alkanes of at least 4 members (excludes halogenated alkanes) is 1. The molecular formula is C18H25N7O. The molecule has 1 aliphatic heterocycles. The SMILES string of the molecule is CN=C(NCCCCn1cnnc1)NCC1CC(=O)Nc2ccccc21. The minimum atomic E-state index is 0.0624. The van der Waals surface area contributed by atoms with Crippen molar-refractivity contribution in [2.75, 3.05) is 25.5 Å². The first-order valence-corrected chi connectivity index (χ1v) is 8.92. The number of amides is 1. The highest BCUT2D eigenvalue weighted by Crippen LogP contribution is 2.31. The molecule has 8 nitrogen and oxygen atoms in total. The summed E-state index contributed by atoms with van der Waals surface area (Å²) in [6.07, 6.45) is 6.00. The molecule has 3 N–H and O–H groups in total. The average molecular weight is 355 g/mol. The molecule has 1 aromatic heterocycles. The van der Waals surface area contributed by atoms with E-state index in [0.717, 1.165) is 37.6 Å². The van der Waals surface area contributed by atoms with E-state index < -0.39 is 0 Å². The van der Waals surface area contributed by atoms with E-state index in [-0.39, 0.29) is 11.8 Å². The van der Waals surface area contributed by atoms with Crippen molar-refractivity contribution in [2.45, 2.75) is 31.7 Å². The maximum atomic E-state index is 11.9. The number of carbonyl (C=O) groups is 1. The lowest BCUT2D eigenvalue weighted by Gasteiger charge is -2.26. The van der Waals surface area contributed by atoms with Crippen LogP contribution in [-0.2, 0) is 11.3 Å². The van der Waals surface area contributed by atoms with E-state index in [1.165, 1.54) is 5.56 Å². The van der Waals surface area contributed by atoms with Gasteiger partial charge in [-0.2, -0.15) is 0 Å². The Morgan fingerprint density at radius 1 is 1.27 bits per heavy atom. The van der Waals surface area contributed by atoms with Gasteiger partial charge >= 0.3 is 0 Å². The molecule has 0 spiro atoms. The Labute approximate surface area is 153 Å². The molecule has 1 unspecified atom stereocenters. The van der Waals surface area contributed by atoms with Gasteiger partial charge in [-0.1, -0.05) is 18.2 Å². The second kappa shape index (κ2) is 8.98. The predicted octanol–water partition coefficient (Wildman–Crippen LogP) is 1.35. The van der Waals surface area contributed by atoms with E-state index >= 15 is 0 Å². The van der Waals surface area contributed by atoms with Crippen molar-refractivity contribution in [3.05, 3.63) is 42.5 Å². The number of aryl methyl sites for hydroxylation is 1. The number of aromatic nitrogens is 3. The third kappa shape index (κ3) is 4.81. The first kappa shape index (κ1) is 17.9. The molecule has 138 valence electrons. The van der Waals surface area contributed by atoms with Gasteiger partial charge in [0, 0.05) is 44.7 Å². The summed E-state index contributed by atoms with van der Waals surface area (Å²) >= 11 is 0. The summed E-state index contributed by atoms with van der Waals surface area (Å²) in [5.41, 5.74) is 2.08. The molecule has 8 heteroatoms. The van der Waals surface area contributed by atoms with Gasteiger partial charge < -0.3 is 20.5 Å². The summed E-state index contributed by atoms with van der Waals surface area (Å²) in [5, 5.41) is 17.2. The van der Waals surface area contributed by atoms with Crippen LogP contribution in [0.4, 0.5) is 5.69 Å². The molecule has 1 aliphatic rings. The summed E-state index contributed by atoms with van der Waals surface area (Å²) < 4.78 is 1.97. The van der Waals surface area contributed by atoms with Crippen molar-refractivity contribution >= 4 is 17.6 Å². The summed E-state index contributed by atoms with van der Waals surface area (Å²) in [6.45, 7) is 2.42. The highest BCUT2D eigenvalue weighted by Gasteiger charge is 2.24. The lowest BCUT2D eigenvalue weighted by molar-refractivity contribution is -0.116. The largest absolute Gasteiger partial charge is 0.356 e. The molecule has 1 aromatic carbocycles. The number of anilines is 1. The maximum absolute atomic E-state index is 11.9.